The van der Waals surface area contributed by atoms with Crippen LogP contribution in [0.2, 0.25) is 0 Å². The van der Waals surface area contributed by atoms with Gasteiger partial charge in [0.15, 0.2) is 0 Å². The van der Waals surface area contributed by atoms with Crippen molar-refractivity contribution in [1.29, 1.82) is 0 Å². The number of carbonyl (C=O) groups excluding carboxylic acids is 1. The van der Waals surface area contributed by atoms with Gasteiger partial charge in [-0.05, 0) is 12.8 Å². The molecule has 2 N–H and O–H groups in total. The van der Waals surface area contributed by atoms with Crippen molar-refractivity contribution in [3.8, 4) is 0 Å². The Morgan fingerprint density at radius 3 is 2.30 bits per heavy atom. The molecule has 1 aliphatic heterocycles. The first-order valence-corrected chi connectivity index (χ1v) is 7.91. The summed E-state index contributed by atoms with van der Waals surface area (Å²) in [6.07, 6.45) is 0.595. The molecule has 0 aromatic heterocycles. The number of nitrogens with one attached hydrogen (secondary N) is 1. The van der Waals surface area contributed by atoms with Crippen LogP contribution in [0.5, 0.6) is 0 Å². The van der Waals surface area contributed by atoms with E-state index in [4.69, 9.17) is 5.11 Å². The van der Waals surface area contributed by atoms with E-state index in [0.29, 0.717) is 12.8 Å². The Hall–Kier alpha value is -1.19. The van der Waals surface area contributed by atoms with E-state index in [1.165, 1.54) is 11.4 Å². The summed E-state index contributed by atoms with van der Waals surface area (Å²) in [6, 6.07) is 0. The first-order valence-electron chi connectivity index (χ1n) is 6.51. The Kier molecular flexibility index (Phi) is 5.90. The van der Waals surface area contributed by atoms with E-state index in [1.54, 1.807) is 6.92 Å². The molecule has 1 aliphatic rings. The molecule has 1 rings (SSSR count). The van der Waals surface area contributed by atoms with Gasteiger partial charge < -0.3 is 10.4 Å². The van der Waals surface area contributed by atoms with Gasteiger partial charge in [0.05, 0.1) is 12.5 Å². The molecular formula is C11H21N3O5S. The lowest BCUT2D eigenvalue weighted by atomic mass is 9.99. The highest BCUT2D eigenvalue weighted by Gasteiger charge is 2.34. The van der Waals surface area contributed by atoms with Gasteiger partial charge in [-0.25, -0.2) is 0 Å². The van der Waals surface area contributed by atoms with Crippen molar-refractivity contribution in [3.05, 3.63) is 0 Å². The van der Waals surface area contributed by atoms with E-state index in [1.807, 2.05) is 0 Å². The zero-order valence-corrected chi connectivity index (χ0v) is 12.5. The molecule has 0 radical (unpaired) electrons. The van der Waals surface area contributed by atoms with Crippen LogP contribution in [0.4, 0.5) is 0 Å². The molecule has 0 unspecified atom stereocenters. The number of nitrogens with zero attached hydrogens (tertiary/aromatic N) is 2. The molecule has 0 aromatic carbocycles. The van der Waals surface area contributed by atoms with Crippen molar-refractivity contribution < 1.29 is 23.1 Å². The molecule has 116 valence electrons. The second kappa shape index (κ2) is 7.00. The van der Waals surface area contributed by atoms with Gasteiger partial charge in [-0.3, -0.25) is 9.59 Å². The Labute approximate surface area is 118 Å². The number of piperidine rings is 1. The molecule has 9 heteroatoms. The van der Waals surface area contributed by atoms with Gasteiger partial charge in [-0.2, -0.15) is 17.0 Å². The Balaban J connectivity index is 2.73. The maximum atomic E-state index is 12.4. The monoisotopic (exact) mass is 307 g/mol. The molecular weight excluding hydrogens is 286 g/mol. The summed E-state index contributed by atoms with van der Waals surface area (Å²) in [5.74, 6) is -1.76. The highest BCUT2D eigenvalue weighted by Crippen LogP contribution is 2.21. The molecule has 8 nitrogen and oxygen atoms in total. The Bertz CT molecular complexity index is 457. The second-order valence-corrected chi connectivity index (χ2v) is 6.55. The van der Waals surface area contributed by atoms with Gasteiger partial charge in [0.25, 0.3) is 10.2 Å². The van der Waals surface area contributed by atoms with Crippen molar-refractivity contribution in [3.63, 3.8) is 0 Å². The number of amides is 1. The fourth-order valence-electron chi connectivity index (χ4n) is 2.09. The van der Waals surface area contributed by atoms with Crippen molar-refractivity contribution >= 4 is 22.1 Å². The van der Waals surface area contributed by atoms with E-state index >= 15 is 0 Å². The van der Waals surface area contributed by atoms with Crippen LogP contribution < -0.4 is 5.32 Å². The summed E-state index contributed by atoms with van der Waals surface area (Å²) in [5.41, 5.74) is 0. The van der Waals surface area contributed by atoms with Crippen LogP contribution in [0.1, 0.15) is 19.8 Å². The Morgan fingerprint density at radius 2 is 1.90 bits per heavy atom. The number of rotatable bonds is 6. The van der Waals surface area contributed by atoms with Gasteiger partial charge in [0.1, 0.15) is 0 Å². The molecule has 1 heterocycles. The maximum Gasteiger partial charge on any atom is 0.306 e. The number of aliphatic carboxylic acids is 1. The molecule has 0 aliphatic carbocycles. The van der Waals surface area contributed by atoms with E-state index in [9.17, 15) is 18.0 Å². The molecule has 0 spiro atoms. The lowest BCUT2D eigenvalue weighted by molar-refractivity contribution is -0.142. The molecule has 1 saturated heterocycles. The number of hydrogen-bond acceptors (Lipinski definition) is 4. The SMILES string of the molecule is CCN(CC(=O)NC)S(=O)(=O)N1CCC(C(=O)O)CC1. The fourth-order valence-corrected chi connectivity index (χ4v) is 3.70. The highest BCUT2D eigenvalue weighted by molar-refractivity contribution is 7.86. The summed E-state index contributed by atoms with van der Waals surface area (Å²) in [7, 11) is -2.27. The van der Waals surface area contributed by atoms with Crippen molar-refractivity contribution in [2.75, 3.05) is 33.2 Å². The minimum absolute atomic E-state index is 0.170. The molecule has 0 aromatic rings. The summed E-state index contributed by atoms with van der Waals surface area (Å²) >= 11 is 0. The fraction of sp³-hybridized carbons (Fsp3) is 0.818. The van der Waals surface area contributed by atoms with Crippen molar-refractivity contribution in [1.82, 2.24) is 13.9 Å². The zero-order valence-electron chi connectivity index (χ0n) is 11.7. The van der Waals surface area contributed by atoms with E-state index in [2.05, 4.69) is 5.32 Å². The molecule has 0 saturated carbocycles. The molecule has 1 fully saturated rings. The van der Waals surface area contributed by atoms with E-state index < -0.39 is 22.1 Å². The van der Waals surface area contributed by atoms with E-state index in [0.717, 1.165) is 4.31 Å². The van der Waals surface area contributed by atoms with Gasteiger partial charge in [-0.1, -0.05) is 6.92 Å². The first-order chi connectivity index (χ1) is 9.32. The quantitative estimate of drug-likeness (QED) is 0.661. The number of likely N-dealkylation sites (N-methyl/N-ethyl adjacent to an activating group) is 2. The molecule has 0 bridgehead atoms. The highest BCUT2D eigenvalue weighted by atomic mass is 32.2. The second-order valence-electron chi connectivity index (χ2n) is 4.62. The zero-order chi connectivity index (χ0) is 15.3. The van der Waals surface area contributed by atoms with Crippen LogP contribution in [0.3, 0.4) is 0 Å². The molecule has 1 amide bonds. The average Bonchev–Trinajstić information content (AvgIpc) is 2.44. The summed E-state index contributed by atoms with van der Waals surface area (Å²) in [4.78, 5) is 22.2. The number of carboxylic acids is 1. The van der Waals surface area contributed by atoms with Crippen LogP contribution in [-0.4, -0.2) is 67.2 Å². The third-order valence-electron chi connectivity index (χ3n) is 3.41. The number of hydrogen-bond donors (Lipinski definition) is 2. The van der Waals surface area contributed by atoms with Crippen LogP contribution in [0, 0.1) is 5.92 Å². The van der Waals surface area contributed by atoms with Gasteiger partial charge in [-0.15, -0.1) is 0 Å². The normalized spacial score (nSPS) is 18.1. The number of carbonyl (C=O) groups is 2. The minimum atomic E-state index is -3.72. The van der Waals surface area contributed by atoms with Crippen LogP contribution in [0.15, 0.2) is 0 Å². The maximum absolute atomic E-state index is 12.4. The Morgan fingerprint density at radius 1 is 1.35 bits per heavy atom. The van der Waals surface area contributed by atoms with Crippen molar-refractivity contribution in [2.24, 2.45) is 5.92 Å². The lowest BCUT2D eigenvalue weighted by Crippen LogP contribution is -2.50. The molecule has 20 heavy (non-hydrogen) atoms. The smallest absolute Gasteiger partial charge is 0.306 e. The van der Waals surface area contributed by atoms with Crippen LogP contribution >= 0.6 is 0 Å². The summed E-state index contributed by atoms with van der Waals surface area (Å²) in [6.45, 7) is 1.96. The van der Waals surface area contributed by atoms with Crippen molar-refractivity contribution in [2.45, 2.75) is 19.8 Å². The number of carboxylic acid groups (broad SMARTS) is 1. The van der Waals surface area contributed by atoms with Crippen LogP contribution in [0.25, 0.3) is 0 Å². The van der Waals surface area contributed by atoms with Gasteiger partial charge >= 0.3 is 5.97 Å². The predicted octanol–water partition coefficient (Wildman–Crippen LogP) is -0.904. The standard InChI is InChI=1S/C11H21N3O5S/c1-3-13(8-10(15)12-2)20(18,19)14-6-4-9(5-7-14)11(16)17/h9H,3-8H2,1-2H3,(H,12,15)(H,16,17). The third kappa shape index (κ3) is 3.90. The third-order valence-corrected chi connectivity index (χ3v) is 5.46. The summed E-state index contributed by atoms with van der Waals surface area (Å²) in [5, 5.41) is 11.3. The predicted molar refractivity (Wildman–Crippen MR) is 72.2 cm³/mol. The minimum Gasteiger partial charge on any atom is -0.481 e. The molecule has 0 atom stereocenters. The van der Waals surface area contributed by atoms with Gasteiger partial charge in [0.2, 0.25) is 5.91 Å². The largest absolute Gasteiger partial charge is 0.481 e. The summed E-state index contributed by atoms with van der Waals surface area (Å²) < 4.78 is 27.1. The van der Waals surface area contributed by atoms with E-state index in [-0.39, 0.29) is 32.1 Å². The average molecular weight is 307 g/mol. The van der Waals surface area contributed by atoms with Crippen LogP contribution in [-0.2, 0) is 19.8 Å². The first kappa shape index (κ1) is 16.9. The van der Waals surface area contributed by atoms with Gasteiger partial charge in [0, 0.05) is 26.7 Å². The lowest BCUT2D eigenvalue weighted by Gasteiger charge is -2.33. The topological polar surface area (TPSA) is 107 Å².